The Kier molecular flexibility index (Phi) is 6.90. The molecule has 7 nitrogen and oxygen atoms in total. The predicted molar refractivity (Wildman–Crippen MR) is 110 cm³/mol. The minimum absolute atomic E-state index is 0.176. The van der Waals surface area contributed by atoms with Crippen molar-refractivity contribution in [3.05, 3.63) is 72.4 Å². The van der Waals surface area contributed by atoms with Gasteiger partial charge in [0.1, 0.15) is 16.7 Å². The van der Waals surface area contributed by atoms with Gasteiger partial charge in [-0.05, 0) is 36.6 Å². The number of aromatic nitrogens is 2. The molecule has 0 unspecified atom stereocenters. The molecule has 140 valence electrons. The number of rotatable bonds is 7. The summed E-state index contributed by atoms with van der Waals surface area (Å²) in [6, 6.07) is 4.45. The molecular formula is C18H19ClFN7. The third-order valence-electron chi connectivity index (χ3n) is 3.25. The molecule has 0 aliphatic carbocycles. The van der Waals surface area contributed by atoms with Crippen molar-refractivity contribution in [2.75, 3.05) is 23.0 Å². The molecule has 0 atom stereocenters. The van der Waals surface area contributed by atoms with Crippen LogP contribution in [-0.4, -0.2) is 22.9 Å². The molecule has 0 aliphatic heterocycles. The highest BCUT2D eigenvalue weighted by Gasteiger charge is 2.10. The molecular weight excluding hydrogens is 369 g/mol. The van der Waals surface area contributed by atoms with E-state index in [0.29, 0.717) is 17.2 Å². The van der Waals surface area contributed by atoms with Crippen molar-refractivity contribution < 1.29 is 4.39 Å². The summed E-state index contributed by atoms with van der Waals surface area (Å²) in [4.78, 5) is 12.3. The molecule has 0 amide bonds. The topological polar surface area (TPSA) is 100 Å². The maximum atomic E-state index is 14.2. The van der Waals surface area contributed by atoms with Gasteiger partial charge in [-0.15, -0.1) is 0 Å². The highest BCUT2D eigenvalue weighted by molar-refractivity contribution is 6.33. The van der Waals surface area contributed by atoms with Gasteiger partial charge in [-0.2, -0.15) is 4.98 Å². The summed E-state index contributed by atoms with van der Waals surface area (Å²) in [7, 11) is 1.59. The lowest BCUT2D eigenvalue weighted by molar-refractivity contribution is 0.632. The Hall–Kier alpha value is -3.39. The molecule has 5 N–H and O–H groups in total. The minimum Gasteiger partial charge on any atom is -0.404 e. The number of benzene rings is 1. The number of allylic oxidation sites excluding steroid dienone is 1. The second-order valence-electron chi connectivity index (χ2n) is 5.16. The maximum absolute atomic E-state index is 14.2. The molecule has 27 heavy (non-hydrogen) atoms. The van der Waals surface area contributed by atoms with E-state index >= 15 is 0 Å². The van der Waals surface area contributed by atoms with E-state index < -0.39 is 5.82 Å². The third kappa shape index (κ3) is 5.55. The van der Waals surface area contributed by atoms with Gasteiger partial charge in [0.25, 0.3) is 0 Å². The van der Waals surface area contributed by atoms with Gasteiger partial charge >= 0.3 is 0 Å². The highest BCUT2D eigenvalue weighted by Crippen LogP contribution is 2.27. The molecule has 0 saturated carbocycles. The molecule has 0 spiro atoms. The largest absolute Gasteiger partial charge is 0.404 e. The molecule has 1 heterocycles. The molecule has 2 aromatic rings. The zero-order valence-corrected chi connectivity index (χ0v) is 15.4. The first-order valence-corrected chi connectivity index (χ1v) is 8.14. The molecule has 0 bridgehead atoms. The van der Waals surface area contributed by atoms with Crippen molar-refractivity contribution in [1.82, 2.24) is 9.97 Å². The summed E-state index contributed by atoms with van der Waals surface area (Å²) in [6.07, 6.45) is 5.82. The van der Waals surface area contributed by atoms with Gasteiger partial charge in [0, 0.05) is 18.4 Å². The molecule has 0 radical (unpaired) electrons. The van der Waals surface area contributed by atoms with Gasteiger partial charge in [0.2, 0.25) is 5.95 Å². The fraction of sp³-hybridized carbons (Fsp3) is 0.0556. The summed E-state index contributed by atoms with van der Waals surface area (Å²) >= 11 is 6.13. The van der Waals surface area contributed by atoms with Gasteiger partial charge in [-0.3, -0.25) is 4.99 Å². The summed E-state index contributed by atoms with van der Waals surface area (Å²) < 4.78 is 14.2. The average Bonchev–Trinajstić information content (AvgIpc) is 2.66. The zero-order chi connectivity index (χ0) is 19.8. The van der Waals surface area contributed by atoms with Crippen LogP contribution < -0.4 is 21.7 Å². The van der Waals surface area contributed by atoms with E-state index in [4.69, 9.17) is 17.3 Å². The summed E-state index contributed by atoms with van der Waals surface area (Å²) in [5.74, 6) is 0.414. The number of hydrogen-bond acceptors (Lipinski definition) is 6. The molecule has 0 aliphatic rings. The molecule has 0 fully saturated rings. The monoisotopic (exact) mass is 387 g/mol. The standard InChI is InChI=1S/C18H19ClFN7/c1-4-11(2)24-12-5-6-14(20)15(9-12)25-17-13(19)10-23-18(27-17)26-16(22-3)7-8-21/h4-10,24H,1-2,21H2,3H3,(H2,22,23,25,26,27)/b8-7-. The number of nitrogens with two attached hydrogens (primary N) is 1. The lowest BCUT2D eigenvalue weighted by Gasteiger charge is -2.13. The van der Waals surface area contributed by atoms with E-state index in [1.807, 2.05) is 0 Å². The van der Waals surface area contributed by atoms with Crippen LogP contribution in [0.2, 0.25) is 5.02 Å². The predicted octanol–water partition coefficient (Wildman–Crippen LogP) is 4.04. The number of nitrogens with one attached hydrogen (secondary N) is 3. The molecule has 0 saturated heterocycles. The van der Waals surface area contributed by atoms with E-state index in [9.17, 15) is 4.39 Å². The minimum atomic E-state index is -0.476. The van der Waals surface area contributed by atoms with Crippen LogP contribution in [0.1, 0.15) is 0 Å². The number of halogens is 2. The fourth-order valence-electron chi connectivity index (χ4n) is 1.96. The Labute approximate surface area is 161 Å². The van der Waals surface area contributed by atoms with Crippen LogP contribution in [0.15, 0.2) is 66.6 Å². The fourth-order valence-corrected chi connectivity index (χ4v) is 2.09. The first-order valence-electron chi connectivity index (χ1n) is 7.76. The Morgan fingerprint density at radius 3 is 2.81 bits per heavy atom. The number of nitrogens with zero attached hydrogens (tertiary/aromatic N) is 3. The van der Waals surface area contributed by atoms with Crippen molar-refractivity contribution in [3.8, 4) is 0 Å². The van der Waals surface area contributed by atoms with Crippen molar-refractivity contribution in [1.29, 1.82) is 0 Å². The summed E-state index contributed by atoms with van der Waals surface area (Å²) in [5.41, 5.74) is 6.74. The maximum Gasteiger partial charge on any atom is 0.230 e. The number of aliphatic imine (C=N–C) groups is 1. The Balaban J connectivity index is 2.28. The lowest BCUT2D eigenvalue weighted by atomic mass is 10.2. The Morgan fingerprint density at radius 1 is 1.37 bits per heavy atom. The van der Waals surface area contributed by atoms with Gasteiger partial charge in [0.05, 0.1) is 11.9 Å². The van der Waals surface area contributed by atoms with E-state index in [-0.39, 0.29) is 22.5 Å². The van der Waals surface area contributed by atoms with Crippen molar-refractivity contribution in [2.45, 2.75) is 0 Å². The second-order valence-corrected chi connectivity index (χ2v) is 5.56. The molecule has 2 rings (SSSR count). The van der Waals surface area contributed by atoms with Crippen LogP contribution in [0, 0.1) is 5.82 Å². The Bertz CT molecular complexity index is 909. The SMILES string of the molecule is C=CC(=C)Nc1ccc(F)c(Nc2nc(NC(/C=C\N)=NC)ncc2Cl)c1. The van der Waals surface area contributed by atoms with Gasteiger partial charge in [0.15, 0.2) is 5.82 Å². The van der Waals surface area contributed by atoms with Crippen LogP contribution in [0.4, 0.5) is 27.5 Å². The van der Waals surface area contributed by atoms with Crippen LogP contribution in [0.25, 0.3) is 0 Å². The molecule has 1 aromatic heterocycles. The van der Waals surface area contributed by atoms with E-state index in [0.717, 1.165) is 0 Å². The number of hydrogen-bond donors (Lipinski definition) is 4. The quantitative estimate of drug-likeness (QED) is 0.325. The smallest absolute Gasteiger partial charge is 0.230 e. The first-order chi connectivity index (χ1) is 13.0. The summed E-state index contributed by atoms with van der Waals surface area (Å²) in [5, 5.41) is 8.94. The van der Waals surface area contributed by atoms with E-state index in [1.54, 1.807) is 31.3 Å². The van der Waals surface area contributed by atoms with Crippen molar-refractivity contribution in [2.24, 2.45) is 10.7 Å². The lowest BCUT2D eigenvalue weighted by Crippen LogP contribution is -2.13. The normalized spacial score (nSPS) is 11.3. The number of anilines is 4. The van der Waals surface area contributed by atoms with Gasteiger partial charge in [-0.25, -0.2) is 9.37 Å². The average molecular weight is 388 g/mol. The van der Waals surface area contributed by atoms with Crippen LogP contribution in [0.3, 0.4) is 0 Å². The summed E-state index contributed by atoms with van der Waals surface area (Å²) in [6.45, 7) is 7.38. The number of amidine groups is 1. The highest BCUT2D eigenvalue weighted by atomic mass is 35.5. The second kappa shape index (κ2) is 9.35. The van der Waals surface area contributed by atoms with E-state index in [1.165, 1.54) is 18.5 Å². The molecule has 1 aromatic carbocycles. The Morgan fingerprint density at radius 2 is 2.15 bits per heavy atom. The van der Waals surface area contributed by atoms with Crippen molar-refractivity contribution in [3.63, 3.8) is 0 Å². The molecule has 9 heteroatoms. The first kappa shape index (κ1) is 19.9. The van der Waals surface area contributed by atoms with E-state index in [2.05, 4.69) is 44.1 Å². The van der Waals surface area contributed by atoms with Crippen LogP contribution in [0.5, 0.6) is 0 Å². The van der Waals surface area contributed by atoms with Crippen LogP contribution >= 0.6 is 11.6 Å². The van der Waals surface area contributed by atoms with Crippen molar-refractivity contribution >= 4 is 40.6 Å². The zero-order valence-electron chi connectivity index (χ0n) is 14.6. The van der Waals surface area contributed by atoms with Gasteiger partial charge < -0.3 is 21.7 Å². The van der Waals surface area contributed by atoms with Crippen LogP contribution in [-0.2, 0) is 0 Å². The third-order valence-corrected chi connectivity index (χ3v) is 3.53. The van der Waals surface area contributed by atoms with Gasteiger partial charge in [-0.1, -0.05) is 24.8 Å².